The van der Waals surface area contributed by atoms with Gasteiger partial charge >= 0.3 is 6.61 Å². The van der Waals surface area contributed by atoms with E-state index in [1.807, 2.05) is 12.1 Å². The van der Waals surface area contributed by atoms with Crippen LogP contribution in [0.15, 0.2) is 48.5 Å². The molecule has 2 aliphatic carbocycles. The predicted molar refractivity (Wildman–Crippen MR) is 128 cm³/mol. The minimum atomic E-state index is -2.78. The molecule has 4 rings (SSSR count). The first-order chi connectivity index (χ1) is 15.6. The second-order valence-electron chi connectivity index (χ2n) is 10.1. The Balaban J connectivity index is 1.29. The van der Waals surface area contributed by atoms with E-state index in [1.54, 1.807) is 12.1 Å². The Hall–Kier alpha value is -1.90. The Labute approximate surface area is 192 Å². The van der Waals surface area contributed by atoms with Crippen LogP contribution < -0.4 is 4.74 Å². The zero-order chi connectivity index (χ0) is 22.3. The summed E-state index contributed by atoms with van der Waals surface area (Å²) >= 11 is 0. The highest BCUT2D eigenvalue weighted by Crippen LogP contribution is 2.48. The van der Waals surface area contributed by atoms with Gasteiger partial charge in [-0.05, 0) is 84.6 Å². The molecule has 2 aromatic rings. The van der Waals surface area contributed by atoms with Crippen LogP contribution in [0.5, 0.6) is 5.75 Å². The molecule has 0 bridgehead atoms. The van der Waals surface area contributed by atoms with Gasteiger partial charge in [-0.25, -0.2) is 0 Å². The topological polar surface area (TPSA) is 9.23 Å². The highest BCUT2D eigenvalue weighted by Gasteiger charge is 2.35. The SMILES string of the molecule is CCCCCCC1CCC2CC(c3ccc(-c4ccc(OC(F)F)cc4)cc3)CCC2C1. The maximum absolute atomic E-state index is 12.3. The maximum Gasteiger partial charge on any atom is 0.387 e. The summed E-state index contributed by atoms with van der Waals surface area (Å²) < 4.78 is 29.1. The minimum Gasteiger partial charge on any atom is -0.435 e. The molecule has 0 amide bonds. The maximum atomic E-state index is 12.3. The molecule has 4 atom stereocenters. The average molecular weight is 441 g/mol. The van der Waals surface area contributed by atoms with Gasteiger partial charge < -0.3 is 4.74 Å². The van der Waals surface area contributed by atoms with Crippen LogP contribution in [0.1, 0.15) is 89.0 Å². The smallest absolute Gasteiger partial charge is 0.387 e. The summed E-state index contributed by atoms with van der Waals surface area (Å²) in [6.07, 6.45) is 15.5. The molecule has 0 aromatic heterocycles. The highest BCUT2D eigenvalue weighted by atomic mass is 19.3. The summed E-state index contributed by atoms with van der Waals surface area (Å²) in [7, 11) is 0. The molecule has 2 aromatic carbocycles. The van der Waals surface area contributed by atoms with Crippen molar-refractivity contribution in [2.75, 3.05) is 0 Å². The molecule has 0 N–H and O–H groups in total. The Morgan fingerprint density at radius 2 is 1.44 bits per heavy atom. The number of unbranched alkanes of at least 4 members (excludes halogenated alkanes) is 3. The second kappa shape index (κ2) is 11.3. The van der Waals surface area contributed by atoms with Crippen molar-refractivity contribution in [3.63, 3.8) is 0 Å². The Morgan fingerprint density at radius 1 is 0.781 bits per heavy atom. The number of alkyl halides is 2. The van der Waals surface area contributed by atoms with Gasteiger partial charge in [-0.2, -0.15) is 8.78 Å². The van der Waals surface area contributed by atoms with Crippen LogP contribution in [0.2, 0.25) is 0 Å². The van der Waals surface area contributed by atoms with Crippen LogP contribution in [-0.2, 0) is 0 Å². The van der Waals surface area contributed by atoms with Gasteiger partial charge in [0.1, 0.15) is 5.75 Å². The molecule has 0 spiro atoms. The number of hydrogen-bond donors (Lipinski definition) is 0. The molecular weight excluding hydrogens is 402 g/mol. The lowest BCUT2D eigenvalue weighted by Gasteiger charge is -2.42. The summed E-state index contributed by atoms with van der Waals surface area (Å²) in [5, 5.41) is 0. The Bertz CT molecular complexity index is 814. The number of fused-ring (bicyclic) bond motifs is 1. The first-order valence-electron chi connectivity index (χ1n) is 12.8. The number of halogens is 2. The summed E-state index contributed by atoms with van der Waals surface area (Å²) in [4.78, 5) is 0. The molecule has 4 unspecified atom stereocenters. The Kier molecular flexibility index (Phi) is 8.21. The van der Waals surface area contributed by atoms with Crippen molar-refractivity contribution >= 4 is 0 Å². The number of benzene rings is 2. The van der Waals surface area contributed by atoms with E-state index in [-0.39, 0.29) is 5.75 Å². The van der Waals surface area contributed by atoms with E-state index in [1.165, 1.54) is 76.2 Å². The van der Waals surface area contributed by atoms with E-state index in [0.29, 0.717) is 5.92 Å². The van der Waals surface area contributed by atoms with Crippen LogP contribution in [0.3, 0.4) is 0 Å². The van der Waals surface area contributed by atoms with Gasteiger partial charge in [0.25, 0.3) is 0 Å². The van der Waals surface area contributed by atoms with E-state index < -0.39 is 6.61 Å². The summed E-state index contributed by atoms with van der Waals surface area (Å²) in [6.45, 7) is -0.487. The highest BCUT2D eigenvalue weighted by molar-refractivity contribution is 5.64. The third-order valence-corrected chi connectivity index (χ3v) is 7.98. The molecule has 174 valence electrons. The van der Waals surface area contributed by atoms with E-state index in [4.69, 9.17) is 0 Å². The van der Waals surface area contributed by atoms with E-state index in [9.17, 15) is 8.78 Å². The zero-order valence-corrected chi connectivity index (χ0v) is 19.4. The predicted octanol–water partition coefficient (Wildman–Crippen LogP) is 9.23. The van der Waals surface area contributed by atoms with Crippen molar-refractivity contribution in [3.8, 4) is 16.9 Å². The lowest BCUT2D eigenvalue weighted by molar-refractivity contribution is -0.0498. The van der Waals surface area contributed by atoms with Crippen LogP contribution in [0, 0.1) is 17.8 Å². The van der Waals surface area contributed by atoms with Crippen molar-refractivity contribution in [1.29, 1.82) is 0 Å². The summed E-state index contributed by atoms with van der Waals surface area (Å²) in [5.74, 6) is 3.76. The standard InChI is InChI=1S/C29H38F2O/c1-2-3-4-5-6-21-7-8-27-20-26(14-13-25(27)19-21)24-11-9-22(10-12-24)23-15-17-28(18-16-23)32-29(30)31/h9-12,15-18,21,25-27,29H,2-8,13-14,19-20H2,1H3. The molecule has 2 fully saturated rings. The second-order valence-corrected chi connectivity index (χ2v) is 10.1. The van der Waals surface area contributed by atoms with E-state index >= 15 is 0 Å². The largest absolute Gasteiger partial charge is 0.435 e. The number of ether oxygens (including phenoxy) is 1. The summed E-state index contributed by atoms with van der Waals surface area (Å²) in [6, 6.07) is 15.8. The quantitative estimate of drug-likeness (QED) is 0.353. The van der Waals surface area contributed by atoms with Gasteiger partial charge in [0, 0.05) is 0 Å². The Morgan fingerprint density at radius 3 is 2.12 bits per heavy atom. The average Bonchev–Trinajstić information content (AvgIpc) is 2.82. The molecular formula is C29H38F2O. The van der Waals surface area contributed by atoms with Gasteiger partial charge in [-0.3, -0.25) is 0 Å². The van der Waals surface area contributed by atoms with Gasteiger partial charge in [0.2, 0.25) is 0 Å². The van der Waals surface area contributed by atoms with Crippen molar-refractivity contribution < 1.29 is 13.5 Å². The van der Waals surface area contributed by atoms with Crippen molar-refractivity contribution in [2.24, 2.45) is 17.8 Å². The molecule has 0 radical (unpaired) electrons. The molecule has 0 heterocycles. The molecule has 3 heteroatoms. The minimum absolute atomic E-state index is 0.202. The van der Waals surface area contributed by atoms with Crippen LogP contribution in [-0.4, -0.2) is 6.61 Å². The zero-order valence-electron chi connectivity index (χ0n) is 19.4. The van der Waals surface area contributed by atoms with E-state index in [2.05, 4.69) is 35.9 Å². The van der Waals surface area contributed by atoms with E-state index in [0.717, 1.165) is 28.9 Å². The molecule has 2 saturated carbocycles. The fraction of sp³-hybridized carbons (Fsp3) is 0.586. The fourth-order valence-electron chi connectivity index (χ4n) is 6.19. The number of rotatable bonds is 9. The molecule has 2 aliphatic rings. The first kappa shape index (κ1) is 23.3. The van der Waals surface area contributed by atoms with Crippen molar-refractivity contribution in [2.45, 2.75) is 90.1 Å². The van der Waals surface area contributed by atoms with Gasteiger partial charge in [-0.15, -0.1) is 0 Å². The lowest BCUT2D eigenvalue weighted by atomic mass is 9.63. The van der Waals surface area contributed by atoms with Crippen molar-refractivity contribution in [3.05, 3.63) is 54.1 Å². The molecule has 32 heavy (non-hydrogen) atoms. The van der Waals surface area contributed by atoms with Crippen LogP contribution >= 0.6 is 0 Å². The fourth-order valence-corrected chi connectivity index (χ4v) is 6.19. The molecule has 0 saturated heterocycles. The molecule has 0 aliphatic heterocycles. The summed E-state index contributed by atoms with van der Waals surface area (Å²) in [5.41, 5.74) is 3.61. The van der Waals surface area contributed by atoms with Crippen molar-refractivity contribution in [1.82, 2.24) is 0 Å². The number of hydrogen-bond acceptors (Lipinski definition) is 1. The third-order valence-electron chi connectivity index (χ3n) is 7.98. The van der Waals surface area contributed by atoms with Crippen LogP contribution in [0.4, 0.5) is 8.78 Å². The van der Waals surface area contributed by atoms with Gasteiger partial charge in [0.15, 0.2) is 0 Å². The molecule has 1 nitrogen and oxygen atoms in total. The van der Waals surface area contributed by atoms with Gasteiger partial charge in [-0.1, -0.05) is 81.8 Å². The first-order valence-corrected chi connectivity index (χ1v) is 12.8. The van der Waals surface area contributed by atoms with Crippen LogP contribution in [0.25, 0.3) is 11.1 Å². The lowest BCUT2D eigenvalue weighted by Crippen LogP contribution is -2.30. The van der Waals surface area contributed by atoms with Gasteiger partial charge in [0.05, 0.1) is 0 Å². The monoisotopic (exact) mass is 440 g/mol. The normalized spacial score (nSPS) is 25.5. The third kappa shape index (κ3) is 6.11.